The highest BCUT2D eigenvalue weighted by Crippen LogP contribution is 2.20. The van der Waals surface area contributed by atoms with Crippen molar-refractivity contribution in [2.45, 2.75) is 12.5 Å². The van der Waals surface area contributed by atoms with Crippen LogP contribution < -0.4 is 0 Å². The van der Waals surface area contributed by atoms with Gasteiger partial charge in [0.25, 0.3) is 5.91 Å². The molecule has 0 aromatic heterocycles. The monoisotopic (exact) mass is 312 g/mol. The first-order valence-electron chi connectivity index (χ1n) is 6.87. The van der Waals surface area contributed by atoms with E-state index in [9.17, 15) is 4.79 Å². The van der Waals surface area contributed by atoms with Crippen LogP contribution in [0.4, 0.5) is 0 Å². The zero-order valence-electron chi connectivity index (χ0n) is 12.0. The molecule has 1 amide bonds. The topological polar surface area (TPSA) is 23.6 Å². The van der Waals surface area contributed by atoms with Gasteiger partial charge in [-0.05, 0) is 44.5 Å². The molecule has 1 fully saturated rings. The highest BCUT2D eigenvalue weighted by Gasteiger charge is 2.26. The van der Waals surface area contributed by atoms with Crippen molar-refractivity contribution in [2.24, 2.45) is 0 Å². The molecule has 3 nitrogen and oxygen atoms in total. The van der Waals surface area contributed by atoms with Gasteiger partial charge in [0.1, 0.15) is 0 Å². The van der Waals surface area contributed by atoms with Crippen LogP contribution in [0.2, 0.25) is 5.02 Å². The van der Waals surface area contributed by atoms with Gasteiger partial charge in [-0.1, -0.05) is 17.7 Å². The number of hydrogen-bond acceptors (Lipinski definition) is 3. The molecular weight excluding hydrogens is 292 g/mol. The summed E-state index contributed by atoms with van der Waals surface area (Å²) in [6.07, 6.45) is 1.06. The van der Waals surface area contributed by atoms with Gasteiger partial charge >= 0.3 is 0 Å². The Morgan fingerprint density at radius 2 is 2.30 bits per heavy atom. The quantitative estimate of drug-likeness (QED) is 0.857. The van der Waals surface area contributed by atoms with E-state index in [-0.39, 0.29) is 11.9 Å². The normalized spacial score (nSPS) is 20.0. The lowest BCUT2D eigenvalue weighted by Crippen LogP contribution is -2.46. The second kappa shape index (κ2) is 7.34. The Morgan fingerprint density at radius 1 is 1.50 bits per heavy atom. The molecule has 1 aromatic carbocycles. The van der Waals surface area contributed by atoms with Gasteiger partial charge in [-0.25, -0.2) is 0 Å². The summed E-state index contributed by atoms with van der Waals surface area (Å²) in [5.41, 5.74) is 0.688. The van der Waals surface area contributed by atoms with Crippen molar-refractivity contribution in [3.63, 3.8) is 0 Å². The third-order valence-corrected chi connectivity index (χ3v) is 4.78. The van der Waals surface area contributed by atoms with Crippen molar-refractivity contribution in [3.8, 4) is 0 Å². The number of thioether (sulfide) groups is 1. The van der Waals surface area contributed by atoms with Gasteiger partial charge in [0.2, 0.25) is 0 Å². The minimum absolute atomic E-state index is 0.0989. The summed E-state index contributed by atoms with van der Waals surface area (Å²) >= 11 is 7.94. The summed E-state index contributed by atoms with van der Waals surface area (Å²) in [6, 6.07) is 7.51. The minimum Gasteiger partial charge on any atom is -0.334 e. The number of rotatable bonds is 3. The molecule has 1 aliphatic rings. The molecule has 5 heteroatoms. The smallest absolute Gasteiger partial charge is 0.254 e. The number of hydrogen-bond donors (Lipinski definition) is 0. The van der Waals surface area contributed by atoms with Gasteiger partial charge in [-0.3, -0.25) is 4.79 Å². The molecule has 0 spiro atoms. The van der Waals surface area contributed by atoms with Gasteiger partial charge in [-0.15, -0.1) is 0 Å². The Hall–Kier alpha value is -0.710. The average molecular weight is 313 g/mol. The zero-order chi connectivity index (χ0) is 14.5. The second-order valence-electron chi connectivity index (χ2n) is 5.35. The fourth-order valence-electron chi connectivity index (χ4n) is 2.46. The summed E-state index contributed by atoms with van der Waals surface area (Å²) in [7, 11) is 4.11. The van der Waals surface area contributed by atoms with E-state index in [2.05, 4.69) is 19.0 Å². The largest absolute Gasteiger partial charge is 0.334 e. The molecule has 0 N–H and O–H groups in total. The molecule has 1 aliphatic heterocycles. The Kier molecular flexibility index (Phi) is 5.75. The lowest BCUT2D eigenvalue weighted by Gasteiger charge is -2.31. The van der Waals surface area contributed by atoms with Crippen LogP contribution in [-0.4, -0.2) is 60.4 Å². The standard InChI is InChI=1S/C15H21ClN2OS/c1-17(2)10-14-11-20-8-4-7-18(14)15(19)12-5-3-6-13(16)9-12/h3,5-6,9,14H,4,7-8,10-11H2,1-2H3. The summed E-state index contributed by atoms with van der Waals surface area (Å²) in [4.78, 5) is 16.9. The summed E-state index contributed by atoms with van der Waals surface area (Å²) < 4.78 is 0. The molecule has 110 valence electrons. The molecule has 0 saturated carbocycles. The molecule has 20 heavy (non-hydrogen) atoms. The van der Waals surface area contributed by atoms with Gasteiger partial charge in [-0.2, -0.15) is 11.8 Å². The van der Waals surface area contributed by atoms with Crippen LogP contribution in [0.25, 0.3) is 0 Å². The molecule has 1 unspecified atom stereocenters. The number of nitrogens with zero attached hydrogens (tertiary/aromatic N) is 2. The van der Waals surface area contributed by atoms with Gasteiger partial charge in [0.05, 0.1) is 6.04 Å². The van der Waals surface area contributed by atoms with E-state index in [0.29, 0.717) is 10.6 Å². The minimum atomic E-state index is 0.0989. The van der Waals surface area contributed by atoms with E-state index in [1.165, 1.54) is 0 Å². The van der Waals surface area contributed by atoms with Crippen LogP contribution in [0.1, 0.15) is 16.8 Å². The number of benzene rings is 1. The van der Waals surface area contributed by atoms with E-state index in [1.807, 2.05) is 28.8 Å². The van der Waals surface area contributed by atoms with Crippen molar-refractivity contribution in [3.05, 3.63) is 34.9 Å². The third-order valence-electron chi connectivity index (χ3n) is 3.35. The molecule has 0 bridgehead atoms. The predicted molar refractivity (Wildman–Crippen MR) is 86.8 cm³/mol. The highest BCUT2D eigenvalue weighted by atomic mass is 35.5. The number of halogens is 1. The Labute approximate surface area is 130 Å². The predicted octanol–water partition coefficient (Wildman–Crippen LogP) is 2.85. The Morgan fingerprint density at radius 3 is 3.00 bits per heavy atom. The molecule has 2 rings (SSSR count). The number of carbonyl (C=O) groups is 1. The third kappa shape index (κ3) is 4.14. The van der Waals surface area contributed by atoms with E-state index < -0.39 is 0 Å². The van der Waals surface area contributed by atoms with Gasteiger partial charge in [0.15, 0.2) is 0 Å². The Balaban J connectivity index is 2.19. The van der Waals surface area contributed by atoms with Crippen molar-refractivity contribution >= 4 is 29.3 Å². The zero-order valence-corrected chi connectivity index (χ0v) is 13.6. The maximum atomic E-state index is 12.7. The lowest BCUT2D eigenvalue weighted by atomic mass is 10.1. The maximum absolute atomic E-state index is 12.7. The van der Waals surface area contributed by atoms with E-state index >= 15 is 0 Å². The first-order valence-corrected chi connectivity index (χ1v) is 8.40. The van der Waals surface area contributed by atoms with Crippen LogP contribution in [0.5, 0.6) is 0 Å². The van der Waals surface area contributed by atoms with Gasteiger partial charge < -0.3 is 9.80 Å². The summed E-state index contributed by atoms with van der Waals surface area (Å²) in [6.45, 7) is 1.73. The van der Waals surface area contributed by atoms with E-state index in [4.69, 9.17) is 11.6 Å². The maximum Gasteiger partial charge on any atom is 0.254 e. The van der Waals surface area contributed by atoms with Crippen molar-refractivity contribution in [1.29, 1.82) is 0 Å². The fraction of sp³-hybridized carbons (Fsp3) is 0.533. The van der Waals surface area contributed by atoms with Crippen LogP contribution in [0.15, 0.2) is 24.3 Å². The Bertz CT molecular complexity index is 467. The van der Waals surface area contributed by atoms with E-state index in [1.54, 1.807) is 12.1 Å². The SMILES string of the molecule is CN(C)CC1CSCCCN1C(=O)c1cccc(Cl)c1. The molecule has 1 atom stereocenters. The van der Waals surface area contributed by atoms with Crippen molar-refractivity contribution in [1.82, 2.24) is 9.80 Å². The number of likely N-dealkylation sites (N-methyl/N-ethyl adjacent to an activating group) is 1. The summed E-state index contributed by atoms with van der Waals surface area (Å²) in [5, 5.41) is 0.615. The summed E-state index contributed by atoms with van der Waals surface area (Å²) in [5.74, 6) is 2.23. The first kappa shape index (κ1) is 15.7. The van der Waals surface area contributed by atoms with Gasteiger partial charge in [0, 0.05) is 29.4 Å². The van der Waals surface area contributed by atoms with Crippen LogP contribution in [-0.2, 0) is 0 Å². The van der Waals surface area contributed by atoms with Crippen molar-refractivity contribution < 1.29 is 4.79 Å². The molecule has 0 aliphatic carbocycles. The lowest BCUT2D eigenvalue weighted by molar-refractivity contribution is 0.0675. The van der Waals surface area contributed by atoms with Crippen LogP contribution in [0.3, 0.4) is 0 Å². The fourth-order valence-corrected chi connectivity index (χ4v) is 3.70. The molecule has 0 radical (unpaired) electrons. The van der Waals surface area contributed by atoms with Crippen LogP contribution in [0, 0.1) is 0 Å². The number of carbonyl (C=O) groups excluding carboxylic acids is 1. The van der Waals surface area contributed by atoms with Crippen molar-refractivity contribution in [2.75, 3.05) is 38.7 Å². The second-order valence-corrected chi connectivity index (χ2v) is 6.94. The van der Waals surface area contributed by atoms with E-state index in [0.717, 1.165) is 31.0 Å². The van der Waals surface area contributed by atoms with Crippen LogP contribution >= 0.6 is 23.4 Å². The highest BCUT2D eigenvalue weighted by molar-refractivity contribution is 7.99. The average Bonchev–Trinajstić information content (AvgIpc) is 2.63. The molecule has 1 saturated heterocycles. The molecule has 1 heterocycles. The molecular formula is C15H21ClN2OS. The number of amides is 1. The molecule has 1 aromatic rings. The first-order chi connectivity index (χ1) is 9.58.